The number of hydrogen-bond acceptors (Lipinski definition) is 11. The van der Waals surface area contributed by atoms with Gasteiger partial charge in [0.05, 0.1) is 40.1 Å². The molecule has 4 amide bonds. The molecule has 2 saturated heterocycles. The minimum Gasteiger partial charge on any atom is -0.481 e. The summed E-state index contributed by atoms with van der Waals surface area (Å²) < 4.78 is 20.7. The van der Waals surface area contributed by atoms with Crippen LogP contribution in [0.5, 0.6) is 11.6 Å². The monoisotopic (exact) mass is 839 g/mol. The molecule has 3 aromatic heterocycles. The number of fused-ring (bicyclic) bond motifs is 4. The smallest absolute Gasteiger partial charge is 0.262 e. The van der Waals surface area contributed by atoms with Gasteiger partial charge in [0.25, 0.3) is 11.8 Å². The van der Waals surface area contributed by atoms with E-state index in [-0.39, 0.29) is 48.9 Å². The molecule has 1 N–H and O–H groups in total. The second-order valence-electron chi connectivity index (χ2n) is 16.3. The van der Waals surface area contributed by atoms with Gasteiger partial charge in [0.2, 0.25) is 17.7 Å². The Morgan fingerprint density at radius 2 is 1.63 bits per heavy atom. The summed E-state index contributed by atoms with van der Waals surface area (Å²) in [4.78, 5) is 62.2. The van der Waals surface area contributed by atoms with E-state index in [1.165, 1.54) is 17.5 Å². The number of ether oxygens (including phenoxy) is 3. The number of nitrogens with one attached hydrogen (secondary N) is 1. The van der Waals surface area contributed by atoms with E-state index in [2.05, 4.69) is 74.0 Å². The second kappa shape index (κ2) is 16.4. The first-order chi connectivity index (χ1) is 30.7. The van der Waals surface area contributed by atoms with Crippen LogP contribution >= 0.6 is 0 Å². The summed E-state index contributed by atoms with van der Waals surface area (Å²) in [6, 6.07) is 23.8. The topological polar surface area (TPSA) is 169 Å². The number of amides is 4. The Balaban J connectivity index is 0.688. The number of rotatable bonds is 9. The molecule has 0 spiro atoms. The molecule has 0 radical (unpaired) electrons. The van der Waals surface area contributed by atoms with Crippen LogP contribution < -0.4 is 19.7 Å². The summed E-state index contributed by atoms with van der Waals surface area (Å²) in [6.07, 6.45) is 9.34. The number of nitrogens with zero attached hydrogens (tertiary/aromatic N) is 6. The van der Waals surface area contributed by atoms with Crippen LogP contribution in [0.3, 0.4) is 0 Å². The third-order valence-corrected chi connectivity index (χ3v) is 12.5. The summed E-state index contributed by atoms with van der Waals surface area (Å²) in [5.74, 6) is 4.78. The minimum atomic E-state index is -1.04. The van der Waals surface area contributed by atoms with Crippen molar-refractivity contribution in [1.29, 1.82) is 5.26 Å². The van der Waals surface area contributed by atoms with Gasteiger partial charge in [-0.2, -0.15) is 5.26 Å². The number of nitriles is 1. The van der Waals surface area contributed by atoms with Gasteiger partial charge < -0.3 is 23.7 Å². The van der Waals surface area contributed by atoms with Crippen LogP contribution in [0.15, 0.2) is 91.4 Å². The molecule has 1 unspecified atom stereocenters. The molecule has 3 aliphatic heterocycles. The largest absolute Gasteiger partial charge is 0.481 e. The number of hydrogen-bond donors (Lipinski definition) is 1. The molecule has 1 saturated carbocycles. The van der Waals surface area contributed by atoms with Crippen molar-refractivity contribution in [3.05, 3.63) is 114 Å². The quantitative estimate of drug-likeness (QED) is 0.132. The highest BCUT2D eigenvalue weighted by Crippen LogP contribution is 2.35. The van der Waals surface area contributed by atoms with Crippen LogP contribution in [-0.4, -0.2) is 87.1 Å². The van der Waals surface area contributed by atoms with Gasteiger partial charge in [-0.3, -0.25) is 34.4 Å². The summed E-state index contributed by atoms with van der Waals surface area (Å²) in [5.41, 5.74) is 6.85. The Morgan fingerprint density at radius 3 is 2.43 bits per heavy atom. The fraction of sp³-hybridized carbons (Fsp3) is 0.286. The summed E-state index contributed by atoms with van der Waals surface area (Å²) in [5, 5.41) is 14.4. The number of carbonyl (C=O) groups excluding carboxylic acids is 4. The first kappa shape index (κ1) is 39.6. The van der Waals surface area contributed by atoms with Crippen LogP contribution in [0.4, 0.5) is 5.69 Å². The van der Waals surface area contributed by atoms with Crippen LogP contribution in [0.25, 0.3) is 32.9 Å². The number of carbonyl (C=O) groups is 4. The number of anilines is 1. The lowest BCUT2D eigenvalue weighted by Gasteiger charge is -2.40. The SMILES string of the molecule is Cn1c2ccncc2c2ccc(-c3ccc(O[C@H]4C[C@H](OC5CCN(c6cc(C#CCOc7ccc8c(c7)C(=O)N(C7CCC(=O)NC7=O)C8=O)ccc6C#N)CC5)C4)nc3)cc21. The lowest BCUT2D eigenvalue weighted by molar-refractivity contribution is -0.136. The average Bonchev–Trinajstić information content (AvgIpc) is 3.72. The van der Waals surface area contributed by atoms with Gasteiger partial charge in [-0.25, -0.2) is 4.98 Å². The third-order valence-electron chi connectivity index (χ3n) is 12.5. The van der Waals surface area contributed by atoms with E-state index >= 15 is 0 Å². The fourth-order valence-corrected chi connectivity index (χ4v) is 9.02. The van der Waals surface area contributed by atoms with E-state index in [0.717, 1.165) is 82.5 Å². The molecule has 1 aliphatic carbocycles. The Hall–Kier alpha value is -7.55. The van der Waals surface area contributed by atoms with Crippen molar-refractivity contribution in [2.24, 2.45) is 7.05 Å². The van der Waals surface area contributed by atoms with E-state index < -0.39 is 29.7 Å². The number of aromatic nitrogens is 3. The lowest BCUT2D eigenvalue weighted by Crippen LogP contribution is -2.54. The molecule has 4 aliphatic rings. The molecule has 1 atom stereocenters. The maximum absolute atomic E-state index is 13.2. The first-order valence-corrected chi connectivity index (χ1v) is 21.1. The molecule has 0 bridgehead atoms. The Bertz CT molecular complexity index is 2950. The molecular weight excluding hydrogens is 799 g/mol. The molecule has 63 heavy (non-hydrogen) atoms. The zero-order valence-corrected chi connectivity index (χ0v) is 34.4. The van der Waals surface area contributed by atoms with E-state index in [4.69, 9.17) is 14.2 Å². The molecule has 6 aromatic rings. The zero-order chi connectivity index (χ0) is 43.2. The highest BCUT2D eigenvalue weighted by molar-refractivity contribution is 6.23. The van der Waals surface area contributed by atoms with Crippen LogP contribution in [0.2, 0.25) is 0 Å². The van der Waals surface area contributed by atoms with Crippen LogP contribution in [0, 0.1) is 23.2 Å². The van der Waals surface area contributed by atoms with E-state index in [1.807, 2.05) is 36.8 Å². The van der Waals surface area contributed by atoms with Crippen molar-refractivity contribution in [2.75, 3.05) is 24.6 Å². The van der Waals surface area contributed by atoms with Crippen LogP contribution in [0.1, 0.15) is 70.4 Å². The molecule has 6 heterocycles. The van der Waals surface area contributed by atoms with Crippen molar-refractivity contribution >= 4 is 51.1 Å². The second-order valence-corrected chi connectivity index (χ2v) is 16.3. The molecule has 14 heteroatoms. The highest BCUT2D eigenvalue weighted by Gasteiger charge is 2.45. The number of piperidine rings is 2. The molecular formula is C49H41N7O7. The fourth-order valence-electron chi connectivity index (χ4n) is 9.02. The first-order valence-electron chi connectivity index (χ1n) is 21.1. The standard InChI is InChI=1S/C49H41N7O7/c1-54-41-14-17-51-28-40(41)37-9-6-30(22-44(37)54)32-7-13-46(52-27-32)63-36-23-35(24-36)62-33-15-18-55(19-16-33)43-21-29(4-5-31(43)26-50)3-2-20-61-34-8-10-38-39(25-34)49(60)56(48(38)59)42-11-12-45(57)53-47(42)58/h4-10,13-14,17,21-22,25,27-28,33,35-36,42H,11-12,15-16,18-20,23-24H2,1H3,(H,53,57,58)/t35-,36-,42?. The van der Waals surface area contributed by atoms with Gasteiger partial charge in [-0.15, -0.1) is 0 Å². The molecule has 3 fully saturated rings. The highest BCUT2D eigenvalue weighted by atomic mass is 16.5. The van der Waals surface area contributed by atoms with Gasteiger partial charge in [0, 0.05) is 91.5 Å². The summed E-state index contributed by atoms with van der Waals surface area (Å²) in [7, 11) is 2.08. The number of imide groups is 2. The van der Waals surface area contributed by atoms with Crippen molar-refractivity contribution in [3.8, 4) is 40.7 Å². The molecule has 14 nitrogen and oxygen atoms in total. The summed E-state index contributed by atoms with van der Waals surface area (Å²) >= 11 is 0. The number of pyridine rings is 2. The van der Waals surface area contributed by atoms with E-state index in [0.29, 0.717) is 17.2 Å². The lowest BCUT2D eigenvalue weighted by atomic mass is 9.91. The van der Waals surface area contributed by atoms with E-state index in [1.54, 1.807) is 18.2 Å². The van der Waals surface area contributed by atoms with Gasteiger partial charge in [-0.1, -0.05) is 24.0 Å². The van der Waals surface area contributed by atoms with Crippen molar-refractivity contribution in [3.63, 3.8) is 0 Å². The van der Waals surface area contributed by atoms with Crippen molar-refractivity contribution in [1.82, 2.24) is 24.8 Å². The third kappa shape index (κ3) is 7.59. The molecule has 3 aromatic carbocycles. The number of aryl methyl sites for hydroxylation is 1. The van der Waals surface area contributed by atoms with E-state index in [9.17, 15) is 24.4 Å². The maximum Gasteiger partial charge on any atom is 0.262 e. The van der Waals surface area contributed by atoms with Gasteiger partial charge >= 0.3 is 0 Å². The predicted octanol–water partition coefficient (Wildman–Crippen LogP) is 6.09. The molecule has 10 rings (SSSR count). The van der Waals surface area contributed by atoms with Crippen molar-refractivity contribution in [2.45, 2.75) is 62.9 Å². The van der Waals surface area contributed by atoms with Gasteiger partial charge in [0.1, 0.15) is 30.6 Å². The summed E-state index contributed by atoms with van der Waals surface area (Å²) in [6.45, 7) is 1.50. The average molecular weight is 840 g/mol. The minimum absolute atomic E-state index is 0.00822. The Kier molecular flexibility index (Phi) is 10.3. The Morgan fingerprint density at radius 1 is 0.810 bits per heavy atom. The van der Waals surface area contributed by atoms with Crippen molar-refractivity contribution < 1.29 is 33.4 Å². The van der Waals surface area contributed by atoms with Crippen LogP contribution in [-0.2, 0) is 21.4 Å². The maximum atomic E-state index is 13.2. The van der Waals surface area contributed by atoms with Gasteiger partial charge in [0.15, 0.2) is 0 Å². The Labute approximate surface area is 362 Å². The predicted molar refractivity (Wildman–Crippen MR) is 232 cm³/mol. The number of benzene rings is 3. The zero-order valence-electron chi connectivity index (χ0n) is 34.4. The molecule has 314 valence electrons. The normalized spacial score (nSPS) is 19.9. The van der Waals surface area contributed by atoms with Gasteiger partial charge in [-0.05, 0) is 79.4 Å².